The highest BCUT2D eigenvalue weighted by molar-refractivity contribution is 7.80. The fraction of sp³-hybridized carbons (Fsp3) is 0.429. The highest BCUT2D eigenvalue weighted by Gasteiger charge is 2.18. The van der Waals surface area contributed by atoms with E-state index in [4.69, 9.17) is 18.0 Å². The lowest BCUT2D eigenvalue weighted by Crippen LogP contribution is -2.30. The molecule has 0 unspecified atom stereocenters. The Hall–Kier alpha value is -1.49. The lowest BCUT2D eigenvalue weighted by atomic mass is 10.1. The Kier molecular flexibility index (Phi) is 4.47. The number of halogens is 1. The van der Waals surface area contributed by atoms with Crippen LogP contribution < -0.4 is 5.73 Å². The Labute approximate surface area is 117 Å². The molecule has 1 amide bonds. The first kappa shape index (κ1) is 13.9. The number of benzene rings is 1. The lowest BCUT2D eigenvalue weighted by Gasteiger charge is -2.21. The molecule has 1 heterocycles. The van der Waals surface area contributed by atoms with Crippen molar-refractivity contribution in [3.63, 3.8) is 0 Å². The van der Waals surface area contributed by atoms with Crippen LogP contribution in [-0.4, -0.2) is 22.3 Å². The number of hydrogen-bond acceptors (Lipinski definition) is 2. The number of rotatable bonds is 3. The molecule has 102 valence electrons. The quantitative estimate of drug-likeness (QED) is 0.865. The van der Waals surface area contributed by atoms with Crippen LogP contribution in [0.5, 0.6) is 0 Å². The maximum atomic E-state index is 13.9. The van der Waals surface area contributed by atoms with Crippen molar-refractivity contribution in [2.24, 2.45) is 5.73 Å². The molecule has 0 aromatic heterocycles. The summed E-state index contributed by atoms with van der Waals surface area (Å²) in [5.74, 6) is -0.252. The first-order valence-corrected chi connectivity index (χ1v) is 6.85. The standard InChI is InChI=1S/C14H17FN2OS/c15-12-8-10(14(16)19)5-6-11(12)9-17-7-3-1-2-4-13(17)18/h5-6,8H,1-4,7,9H2,(H2,16,19). The fourth-order valence-electron chi connectivity index (χ4n) is 2.24. The number of likely N-dealkylation sites (tertiary alicyclic amines) is 1. The number of hydrogen-bond donors (Lipinski definition) is 1. The second kappa shape index (κ2) is 6.10. The molecule has 1 fully saturated rings. The molecule has 2 rings (SSSR count). The molecule has 0 radical (unpaired) electrons. The third-order valence-electron chi connectivity index (χ3n) is 3.37. The number of thiocarbonyl (C=S) groups is 1. The second-order valence-corrected chi connectivity index (χ2v) is 5.24. The van der Waals surface area contributed by atoms with Crippen LogP contribution in [0.3, 0.4) is 0 Å². The number of nitrogens with zero attached hydrogens (tertiary/aromatic N) is 1. The van der Waals surface area contributed by atoms with Gasteiger partial charge in [0.15, 0.2) is 0 Å². The van der Waals surface area contributed by atoms with Gasteiger partial charge in [-0.15, -0.1) is 0 Å². The number of carbonyl (C=O) groups is 1. The normalized spacial score (nSPS) is 16.3. The molecule has 0 bridgehead atoms. The van der Waals surface area contributed by atoms with Gasteiger partial charge in [0.1, 0.15) is 10.8 Å². The maximum Gasteiger partial charge on any atom is 0.222 e. The van der Waals surface area contributed by atoms with Gasteiger partial charge in [-0.05, 0) is 18.9 Å². The van der Waals surface area contributed by atoms with Gasteiger partial charge in [-0.2, -0.15) is 0 Å². The molecule has 1 saturated heterocycles. The van der Waals surface area contributed by atoms with Crippen molar-refractivity contribution >= 4 is 23.1 Å². The van der Waals surface area contributed by atoms with E-state index in [1.165, 1.54) is 6.07 Å². The van der Waals surface area contributed by atoms with Crippen LogP contribution in [-0.2, 0) is 11.3 Å². The smallest absolute Gasteiger partial charge is 0.222 e. The Morgan fingerprint density at radius 3 is 2.84 bits per heavy atom. The van der Waals surface area contributed by atoms with Gasteiger partial charge in [-0.3, -0.25) is 4.79 Å². The van der Waals surface area contributed by atoms with E-state index in [0.29, 0.717) is 30.6 Å². The molecule has 2 N–H and O–H groups in total. The Morgan fingerprint density at radius 2 is 2.16 bits per heavy atom. The molecule has 3 nitrogen and oxygen atoms in total. The summed E-state index contributed by atoms with van der Waals surface area (Å²) in [5, 5.41) is 0. The fourth-order valence-corrected chi connectivity index (χ4v) is 2.37. The van der Waals surface area contributed by atoms with Crippen molar-refractivity contribution in [2.75, 3.05) is 6.54 Å². The molecule has 1 aliphatic heterocycles. The largest absolute Gasteiger partial charge is 0.389 e. The summed E-state index contributed by atoms with van der Waals surface area (Å²) in [6.07, 6.45) is 3.54. The first-order valence-electron chi connectivity index (χ1n) is 6.44. The average molecular weight is 280 g/mol. The Morgan fingerprint density at radius 1 is 1.37 bits per heavy atom. The Balaban J connectivity index is 2.14. The third kappa shape index (κ3) is 3.50. The van der Waals surface area contributed by atoms with Crippen LogP contribution in [0.25, 0.3) is 0 Å². The summed E-state index contributed by atoms with van der Waals surface area (Å²) in [6.45, 7) is 1.03. The first-order chi connectivity index (χ1) is 9.08. The molecular formula is C14H17FN2OS. The topological polar surface area (TPSA) is 46.3 Å². The van der Waals surface area contributed by atoms with Crippen LogP contribution in [0, 0.1) is 5.82 Å². The minimum atomic E-state index is -0.359. The minimum absolute atomic E-state index is 0.107. The van der Waals surface area contributed by atoms with Crippen molar-refractivity contribution in [3.8, 4) is 0 Å². The Bertz CT molecular complexity index is 504. The molecule has 0 saturated carbocycles. The van der Waals surface area contributed by atoms with Gasteiger partial charge >= 0.3 is 0 Å². The van der Waals surface area contributed by atoms with E-state index in [9.17, 15) is 9.18 Å². The number of carbonyl (C=O) groups excluding carboxylic acids is 1. The predicted molar refractivity (Wildman–Crippen MR) is 76.2 cm³/mol. The van der Waals surface area contributed by atoms with Gasteiger partial charge in [0, 0.05) is 30.6 Å². The van der Waals surface area contributed by atoms with E-state index in [2.05, 4.69) is 0 Å². The third-order valence-corrected chi connectivity index (χ3v) is 3.61. The van der Waals surface area contributed by atoms with Gasteiger partial charge in [0.25, 0.3) is 0 Å². The molecule has 1 aliphatic rings. The summed E-state index contributed by atoms with van der Waals surface area (Å²) in [4.78, 5) is 13.8. The highest BCUT2D eigenvalue weighted by Crippen LogP contribution is 2.17. The van der Waals surface area contributed by atoms with E-state index in [0.717, 1.165) is 19.3 Å². The van der Waals surface area contributed by atoms with E-state index in [1.54, 1.807) is 17.0 Å². The van der Waals surface area contributed by atoms with Crippen LogP contribution >= 0.6 is 12.2 Å². The zero-order valence-electron chi connectivity index (χ0n) is 10.7. The van der Waals surface area contributed by atoms with Crippen molar-refractivity contribution in [2.45, 2.75) is 32.2 Å². The van der Waals surface area contributed by atoms with E-state index in [-0.39, 0.29) is 16.7 Å². The van der Waals surface area contributed by atoms with Gasteiger partial charge < -0.3 is 10.6 Å². The van der Waals surface area contributed by atoms with Crippen molar-refractivity contribution in [1.29, 1.82) is 0 Å². The molecule has 0 aliphatic carbocycles. The average Bonchev–Trinajstić information content (AvgIpc) is 2.57. The van der Waals surface area contributed by atoms with Crippen molar-refractivity contribution in [3.05, 3.63) is 35.1 Å². The zero-order valence-corrected chi connectivity index (χ0v) is 11.5. The predicted octanol–water partition coefficient (Wildman–Crippen LogP) is 2.36. The molecular weight excluding hydrogens is 263 g/mol. The number of nitrogens with two attached hydrogens (primary N) is 1. The molecule has 0 spiro atoms. The maximum absolute atomic E-state index is 13.9. The second-order valence-electron chi connectivity index (χ2n) is 4.80. The summed E-state index contributed by atoms with van der Waals surface area (Å²) >= 11 is 4.81. The van der Waals surface area contributed by atoms with E-state index in [1.807, 2.05) is 0 Å². The van der Waals surface area contributed by atoms with Gasteiger partial charge in [-0.1, -0.05) is 30.8 Å². The lowest BCUT2D eigenvalue weighted by molar-refractivity contribution is -0.131. The molecule has 19 heavy (non-hydrogen) atoms. The van der Waals surface area contributed by atoms with Gasteiger partial charge in [0.2, 0.25) is 5.91 Å². The van der Waals surface area contributed by atoms with Crippen LogP contribution in [0.4, 0.5) is 4.39 Å². The van der Waals surface area contributed by atoms with Crippen LogP contribution in [0.15, 0.2) is 18.2 Å². The minimum Gasteiger partial charge on any atom is -0.389 e. The summed E-state index contributed by atoms with van der Waals surface area (Å²) in [7, 11) is 0. The highest BCUT2D eigenvalue weighted by atomic mass is 32.1. The van der Waals surface area contributed by atoms with E-state index < -0.39 is 0 Å². The SMILES string of the molecule is NC(=S)c1ccc(CN2CCCCCC2=O)c(F)c1. The van der Waals surface area contributed by atoms with Crippen molar-refractivity contribution < 1.29 is 9.18 Å². The summed E-state index contributed by atoms with van der Waals surface area (Å²) < 4.78 is 13.9. The van der Waals surface area contributed by atoms with Crippen LogP contribution in [0.2, 0.25) is 0 Å². The summed E-state index contributed by atoms with van der Waals surface area (Å²) in [6, 6.07) is 4.69. The van der Waals surface area contributed by atoms with Crippen molar-refractivity contribution in [1.82, 2.24) is 4.90 Å². The van der Waals surface area contributed by atoms with E-state index >= 15 is 0 Å². The number of amides is 1. The molecule has 1 aromatic rings. The summed E-state index contributed by atoms with van der Waals surface area (Å²) in [5.41, 5.74) is 6.48. The molecule has 1 aromatic carbocycles. The monoisotopic (exact) mass is 280 g/mol. The van der Waals surface area contributed by atoms with Gasteiger partial charge in [0.05, 0.1) is 0 Å². The van der Waals surface area contributed by atoms with Gasteiger partial charge in [-0.25, -0.2) is 4.39 Å². The molecule has 5 heteroatoms. The van der Waals surface area contributed by atoms with Crippen LogP contribution in [0.1, 0.15) is 36.8 Å². The zero-order chi connectivity index (χ0) is 13.8. The molecule has 0 atom stereocenters.